The molecule has 0 bridgehead atoms. The van der Waals surface area contributed by atoms with Crippen molar-refractivity contribution in [1.29, 1.82) is 0 Å². The van der Waals surface area contributed by atoms with Gasteiger partial charge in [0.05, 0.1) is 6.10 Å². The van der Waals surface area contributed by atoms with Gasteiger partial charge in [0.15, 0.2) is 0 Å². The second-order valence-corrected chi connectivity index (χ2v) is 12.0. The summed E-state index contributed by atoms with van der Waals surface area (Å²) in [6.07, 6.45) is 16.9. The molecule has 2 nitrogen and oxygen atoms in total. The van der Waals surface area contributed by atoms with E-state index >= 15 is 0 Å². The van der Waals surface area contributed by atoms with Crippen LogP contribution in [0.4, 0.5) is 0 Å². The summed E-state index contributed by atoms with van der Waals surface area (Å²) in [6.45, 7) is 10.1. The SMILES string of the molecule is CNC(C)CCC[C@@H](C)[C@H]1CC[C@H]2[C@@H]3CC=C4C[C@@H](O)CC[C@]4(C)[C@H]3CC[C@]12C. The standard InChI is InChI=1S/C27H47NO/c1-18(7-6-8-19(2)28-5)23-11-12-24-22-10-9-20-17-21(29)13-15-26(20,3)25(22)14-16-27(23,24)4/h9,18-19,21-25,28-29H,6-8,10-17H2,1-5H3/t18-,19?,21+,22+,23-,24+,25+,26+,27-/m1/s1. The summed E-state index contributed by atoms with van der Waals surface area (Å²) in [5.74, 6) is 4.52. The minimum atomic E-state index is -0.0814. The number of nitrogens with one attached hydrogen (secondary N) is 1. The van der Waals surface area contributed by atoms with Crippen molar-refractivity contribution in [3.8, 4) is 0 Å². The van der Waals surface area contributed by atoms with Gasteiger partial charge in [-0.05, 0) is 112 Å². The van der Waals surface area contributed by atoms with Crippen molar-refractivity contribution in [2.24, 2.45) is 40.4 Å². The van der Waals surface area contributed by atoms with Gasteiger partial charge in [0, 0.05) is 6.04 Å². The first-order valence-electron chi connectivity index (χ1n) is 12.8. The summed E-state index contributed by atoms with van der Waals surface area (Å²) in [7, 11) is 2.09. The molecule has 1 unspecified atom stereocenters. The number of rotatable bonds is 6. The molecule has 9 atom stereocenters. The lowest BCUT2D eigenvalue weighted by molar-refractivity contribution is -0.0572. The van der Waals surface area contributed by atoms with Gasteiger partial charge in [0.2, 0.25) is 0 Å². The molecule has 29 heavy (non-hydrogen) atoms. The summed E-state index contributed by atoms with van der Waals surface area (Å²) in [4.78, 5) is 0. The van der Waals surface area contributed by atoms with Crippen LogP contribution in [0.1, 0.15) is 98.3 Å². The van der Waals surface area contributed by atoms with E-state index in [2.05, 4.69) is 46.1 Å². The van der Waals surface area contributed by atoms with Gasteiger partial charge in [0.1, 0.15) is 0 Å². The summed E-state index contributed by atoms with van der Waals surface area (Å²) < 4.78 is 0. The van der Waals surface area contributed by atoms with E-state index in [1.807, 2.05) is 0 Å². The van der Waals surface area contributed by atoms with Crippen molar-refractivity contribution >= 4 is 0 Å². The van der Waals surface area contributed by atoms with E-state index in [9.17, 15) is 5.11 Å². The highest BCUT2D eigenvalue weighted by Gasteiger charge is 2.59. The zero-order chi connectivity index (χ0) is 20.8. The Morgan fingerprint density at radius 2 is 1.86 bits per heavy atom. The highest BCUT2D eigenvalue weighted by atomic mass is 16.3. The molecule has 0 spiro atoms. The van der Waals surface area contributed by atoms with Gasteiger partial charge in [0.25, 0.3) is 0 Å². The van der Waals surface area contributed by atoms with E-state index in [1.165, 1.54) is 57.8 Å². The van der Waals surface area contributed by atoms with Crippen molar-refractivity contribution in [2.45, 2.75) is 110 Å². The van der Waals surface area contributed by atoms with Crippen LogP contribution in [0.2, 0.25) is 0 Å². The topological polar surface area (TPSA) is 32.3 Å². The number of aliphatic hydroxyl groups is 1. The molecule has 0 aromatic carbocycles. The van der Waals surface area contributed by atoms with Crippen LogP contribution >= 0.6 is 0 Å². The van der Waals surface area contributed by atoms with Gasteiger partial charge in [-0.2, -0.15) is 0 Å². The molecule has 166 valence electrons. The molecule has 4 aliphatic carbocycles. The molecule has 3 fully saturated rings. The Kier molecular flexibility index (Phi) is 6.26. The van der Waals surface area contributed by atoms with Crippen LogP contribution in [-0.2, 0) is 0 Å². The second-order valence-electron chi connectivity index (χ2n) is 12.0. The minimum absolute atomic E-state index is 0.0814. The molecule has 2 N–H and O–H groups in total. The molecule has 0 saturated heterocycles. The molecule has 0 heterocycles. The van der Waals surface area contributed by atoms with Crippen LogP contribution in [0, 0.1) is 40.4 Å². The predicted molar refractivity (Wildman–Crippen MR) is 123 cm³/mol. The van der Waals surface area contributed by atoms with Crippen molar-refractivity contribution < 1.29 is 5.11 Å². The Hall–Kier alpha value is -0.340. The minimum Gasteiger partial charge on any atom is -0.393 e. The normalized spacial score (nSPS) is 46.3. The Morgan fingerprint density at radius 3 is 2.62 bits per heavy atom. The molecule has 2 heteroatoms. The first-order valence-corrected chi connectivity index (χ1v) is 12.8. The highest BCUT2D eigenvalue weighted by molar-refractivity contribution is 5.25. The fourth-order valence-electron chi connectivity index (χ4n) is 8.71. The quantitative estimate of drug-likeness (QED) is 0.509. The summed E-state index contributed by atoms with van der Waals surface area (Å²) >= 11 is 0. The van der Waals surface area contributed by atoms with Gasteiger partial charge in [-0.15, -0.1) is 0 Å². The zero-order valence-corrected chi connectivity index (χ0v) is 19.8. The highest BCUT2D eigenvalue weighted by Crippen LogP contribution is 2.67. The lowest BCUT2D eigenvalue weighted by atomic mass is 9.47. The molecular formula is C27H47NO. The average molecular weight is 402 g/mol. The van der Waals surface area contributed by atoms with Crippen molar-refractivity contribution in [3.05, 3.63) is 11.6 Å². The number of hydrogen-bond acceptors (Lipinski definition) is 2. The van der Waals surface area contributed by atoms with E-state index in [-0.39, 0.29) is 6.10 Å². The summed E-state index contributed by atoms with van der Waals surface area (Å²) in [5, 5.41) is 13.6. The van der Waals surface area contributed by atoms with Crippen molar-refractivity contribution in [1.82, 2.24) is 5.32 Å². The third kappa shape index (κ3) is 3.75. The Labute approximate surface area is 180 Å². The van der Waals surface area contributed by atoms with E-state index in [0.29, 0.717) is 16.9 Å². The maximum atomic E-state index is 10.2. The lowest BCUT2D eigenvalue weighted by Gasteiger charge is -2.58. The molecule has 4 rings (SSSR count). The van der Waals surface area contributed by atoms with Gasteiger partial charge in [-0.25, -0.2) is 0 Å². The van der Waals surface area contributed by atoms with Gasteiger partial charge in [-0.3, -0.25) is 0 Å². The van der Waals surface area contributed by atoms with Crippen LogP contribution in [0.25, 0.3) is 0 Å². The van der Waals surface area contributed by atoms with Crippen molar-refractivity contribution in [2.75, 3.05) is 7.05 Å². The Balaban J connectivity index is 1.46. The predicted octanol–water partition coefficient (Wildman–Crippen LogP) is 6.34. The van der Waals surface area contributed by atoms with Crippen LogP contribution < -0.4 is 5.32 Å². The fraction of sp³-hybridized carbons (Fsp3) is 0.926. The van der Waals surface area contributed by atoms with Gasteiger partial charge >= 0.3 is 0 Å². The molecular weight excluding hydrogens is 354 g/mol. The third-order valence-electron chi connectivity index (χ3n) is 10.6. The number of allylic oxidation sites excluding steroid dienone is 1. The Bertz CT molecular complexity index is 614. The second kappa shape index (κ2) is 8.30. The monoisotopic (exact) mass is 401 g/mol. The fourth-order valence-corrected chi connectivity index (χ4v) is 8.71. The summed E-state index contributed by atoms with van der Waals surface area (Å²) in [5.41, 5.74) is 2.57. The largest absolute Gasteiger partial charge is 0.393 e. The van der Waals surface area contributed by atoms with E-state index in [4.69, 9.17) is 0 Å². The van der Waals surface area contributed by atoms with Crippen LogP contribution in [0.15, 0.2) is 11.6 Å². The molecule has 0 aromatic heterocycles. The third-order valence-corrected chi connectivity index (χ3v) is 10.6. The first kappa shape index (κ1) is 21.9. The van der Waals surface area contributed by atoms with E-state index in [1.54, 1.807) is 5.57 Å². The maximum absolute atomic E-state index is 10.2. The van der Waals surface area contributed by atoms with Crippen LogP contribution in [0.5, 0.6) is 0 Å². The molecule has 0 amide bonds. The van der Waals surface area contributed by atoms with E-state index < -0.39 is 0 Å². The van der Waals surface area contributed by atoms with Gasteiger partial charge in [-0.1, -0.05) is 45.3 Å². The van der Waals surface area contributed by atoms with Crippen LogP contribution in [0.3, 0.4) is 0 Å². The zero-order valence-electron chi connectivity index (χ0n) is 19.8. The van der Waals surface area contributed by atoms with Crippen molar-refractivity contribution in [3.63, 3.8) is 0 Å². The lowest BCUT2D eigenvalue weighted by Crippen LogP contribution is -2.50. The summed E-state index contributed by atoms with van der Waals surface area (Å²) in [6, 6.07) is 0.655. The molecule has 0 aromatic rings. The average Bonchev–Trinajstić information content (AvgIpc) is 3.05. The van der Waals surface area contributed by atoms with Crippen LogP contribution in [-0.4, -0.2) is 24.3 Å². The smallest absolute Gasteiger partial charge is 0.0577 e. The maximum Gasteiger partial charge on any atom is 0.0577 e. The molecule has 0 aliphatic heterocycles. The number of fused-ring (bicyclic) bond motifs is 5. The van der Waals surface area contributed by atoms with Gasteiger partial charge < -0.3 is 10.4 Å². The number of aliphatic hydroxyl groups excluding tert-OH is 1. The molecule has 3 saturated carbocycles. The molecule has 4 aliphatic rings. The van der Waals surface area contributed by atoms with E-state index in [0.717, 1.165) is 42.4 Å². The number of hydrogen-bond donors (Lipinski definition) is 2. The first-order chi connectivity index (χ1) is 13.8. The Morgan fingerprint density at radius 1 is 1.07 bits per heavy atom. The molecule has 0 radical (unpaired) electrons.